The Morgan fingerprint density at radius 1 is 1.17 bits per heavy atom. The summed E-state index contributed by atoms with van der Waals surface area (Å²) in [5, 5.41) is 0. The first-order valence-corrected chi connectivity index (χ1v) is 7.84. The first kappa shape index (κ1) is 15.7. The van der Waals surface area contributed by atoms with E-state index in [1.165, 1.54) is 5.56 Å². The van der Waals surface area contributed by atoms with Crippen molar-refractivity contribution in [2.24, 2.45) is 0 Å². The number of aryl methyl sites for hydroxylation is 1. The average Bonchev–Trinajstić information content (AvgIpc) is 2.87. The molecule has 23 heavy (non-hydrogen) atoms. The summed E-state index contributed by atoms with van der Waals surface area (Å²) >= 11 is 0. The number of amides is 3. The Bertz CT molecular complexity index is 610. The van der Waals surface area contributed by atoms with Crippen LogP contribution in [0, 0.1) is 6.92 Å². The van der Waals surface area contributed by atoms with Gasteiger partial charge in [-0.25, -0.2) is 0 Å². The number of nitrogens with zero attached hydrogens (tertiary/aromatic N) is 2. The summed E-state index contributed by atoms with van der Waals surface area (Å²) in [6.07, 6.45) is 0.251. The second kappa shape index (κ2) is 6.50. The second-order valence-corrected chi connectivity index (χ2v) is 5.98. The van der Waals surface area contributed by atoms with Crippen molar-refractivity contribution in [2.45, 2.75) is 25.9 Å². The molecule has 0 aromatic heterocycles. The minimum absolute atomic E-state index is 0.154. The third-order valence-corrected chi connectivity index (χ3v) is 4.32. The number of carbonyl (C=O) groups excluding carboxylic acids is 3. The van der Waals surface area contributed by atoms with Crippen LogP contribution in [0.2, 0.25) is 0 Å². The molecule has 0 radical (unpaired) electrons. The molecule has 3 rings (SSSR count). The van der Waals surface area contributed by atoms with Crippen LogP contribution in [0.3, 0.4) is 0 Å². The molecule has 0 N–H and O–H groups in total. The maximum Gasteiger partial charge on any atom is 0.242 e. The zero-order valence-corrected chi connectivity index (χ0v) is 13.2. The largest absolute Gasteiger partial charge is 0.370 e. The molecular formula is C17H20N2O4. The fraction of sp³-hybridized carbons (Fsp3) is 0.471. The monoisotopic (exact) mass is 316 g/mol. The molecule has 2 saturated heterocycles. The minimum Gasteiger partial charge on any atom is -0.370 e. The van der Waals surface area contributed by atoms with Crippen molar-refractivity contribution in [2.75, 3.05) is 26.2 Å². The van der Waals surface area contributed by atoms with Crippen LogP contribution in [0.15, 0.2) is 24.3 Å². The topological polar surface area (TPSA) is 66.9 Å². The average molecular weight is 316 g/mol. The van der Waals surface area contributed by atoms with Gasteiger partial charge in [0.05, 0.1) is 13.2 Å². The van der Waals surface area contributed by atoms with E-state index in [2.05, 4.69) is 0 Å². The Balaban J connectivity index is 1.63. The summed E-state index contributed by atoms with van der Waals surface area (Å²) in [4.78, 5) is 38.4. The number of imide groups is 1. The highest BCUT2D eigenvalue weighted by Gasteiger charge is 2.33. The van der Waals surface area contributed by atoms with Crippen LogP contribution >= 0.6 is 0 Å². The van der Waals surface area contributed by atoms with E-state index in [0.717, 1.165) is 10.5 Å². The maximum atomic E-state index is 12.4. The fourth-order valence-corrected chi connectivity index (χ4v) is 2.89. The van der Waals surface area contributed by atoms with Gasteiger partial charge in [-0.1, -0.05) is 29.8 Å². The molecule has 2 heterocycles. The van der Waals surface area contributed by atoms with Gasteiger partial charge in [0.15, 0.2) is 0 Å². The van der Waals surface area contributed by atoms with Gasteiger partial charge in [0.25, 0.3) is 0 Å². The standard InChI is InChI=1S/C17H20N2O4/c1-12-2-4-13(5-3-12)14-10-18(8-9-23-14)17(22)11-19-15(20)6-7-16(19)21/h2-5,14H,6-11H2,1H3. The number of morpholine rings is 1. The number of hydrogen-bond acceptors (Lipinski definition) is 4. The smallest absolute Gasteiger partial charge is 0.242 e. The van der Waals surface area contributed by atoms with Gasteiger partial charge in [0.1, 0.15) is 12.6 Å². The maximum absolute atomic E-state index is 12.4. The second-order valence-electron chi connectivity index (χ2n) is 5.98. The summed E-state index contributed by atoms with van der Waals surface area (Å²) < 4.78 is 5.76. The van der Waals surface area contributed by atoms with Crippen molar-refractivity contribution in [1.29, 1.82) is 0 Å². The molecule has 6 nitrogen and oxygen atoms in total. The van der Waals surface area contributed by atoms with E-state index in [1.807, 2.05) is 31.2 Å². The van der Waals surface area contributed by atoms with E-state index in [0.29, 0.717) is 19.7 Å². The molecule has 1 aromatic carbocycles. The summed E-state index contributed by atoms with van der Waals surface area (Å²) in [7, 11) is 0. The highest BCUT2D eigenvalue weighted by molar-refractivity contribution is 6.04. The number of hydrogen-bond donors (Lipinski definition) is 0. The van der Waals surface area contributed by atoms with Crippen LogP contribution in [-0.4, -0.2) is 53.8 Å². The van der Waals surface area contributed by atoms with E-state index in [9.17, 15) is 14.4 Å². The summed E-state index contributed by atoms with van der Waals surface area (Å²) in [6, 6.07) is 8.03. The lowest BCUT2D eigenvalue weighted by Crippen LogP contribution is -2.47. The van der Waals surface area contributed by atoms with E-state index in [-0.39, 0.29) is 43.2 Å². The molecule has 2 aliphatic heterocycles. The molecule has 0 bridgehead atoms. The Labute approximate surface area is 135 Å². The van der Waals surface area contributed by atoms with Crippen molar-refractivity contribution in [3.05, 3.63) is 35.4 Å². The predicted molar refractivity (Wildman–Crippen MR) is 82.4 cm³/mol. The molecule has 6 heteroatoms. The van der Waals surface area contributed by atoms with E-state index >= 15 is 0 Å². The molecule has 122 valence electrons. The Hall–Kier alpha value is -2.21. The molecule has 3 amide bonds. The molecule has 1 atom stereocenters. The Morgan fingerprint density at radius 3 is 2.48 bits per heavy atom. The van der Waals surface area contributed by atoms with Crippen molar-refractivity contribution < 1.29 is 19.1 Å². The van der Waals surface area contributed by atoms with Crippen LogP contribution in [-0.2, 0) is 19.1 Å². The first-order valence-electron chi connectivity index (χ1n) is 7.84. The Morgan fingerprint density at radius 2 is 1.83 bits per heavy atom. The molecule has 2 fully saturated rings. The highest BCUT2D eigenvalue weighted by atomic mass is 16.5. The third kappa shape index (κ3) is 3.42. The van der Waals surface area contributed by atoms with Crippen LogP contribution in [0.5, 0.6) is 0 Å². The highest BCUT2D eigenvalue weighted by Crippen LogP contribution is 2.23. The molecule has 0 aliphatic carbocycles. The van der Waals surface area contributed by atoms with Gasteiger partial charge in [-0.15, -0.1) is 0 Å². The molecule has 1 unspecified atom stereocenters. The molecule has 1 aromatic rings. The van der Waals surface area contributed by atoms with Gasteiger partial charge in [-0.2, -0.15) is 0 Å². The zero-order chi connectivity index (χ0) is 16.4. The zero-order valence-electron chi connectivity index (χ0n) is 13.2. The number of likely N-dealkylation sites (tertiary alicyclic amines) is 1. The van der Waals surface area contributed by atoms with Crippen molar-refractivity contribution in [1.82, 2.24) is 9.80 Å². The summed E-state index contributed by atoms with van der Waals surface area (Å²) in [5.74, 6) is -0.715. The van der Waals surface area contributed by atoms with Crippen molar-refractivity contribution in [3.63, 3.8) is 0 Å². The number of rotatable bonds is 3. The van der Waals surface area contributed by atoms with Crippen molar-refractivity contribution in [3.8, 4) is 0 Å². The van der Waals surface area contributed by atoms with E-state index < -0.39 is 0 Å². The van der Waals surface area contributed by atoms with Gasteiger partial charge in [-0.3, -0.25) is 19.3 Å². The van der Waals surface area contributed by atoms with Gasteiger partial charge in [0, 0.05) is 19.4 Å². The number of benzene rings is 1. The Kier molecular flexibility index (Phi) is 4.43. The minimum atomic E-state index is -0.258. The van der Waals surface area contributed by atoms with Gasteiger partial charge in [0.2, 0.25) is 17.7 Å². The summed E-state index contributed by atoms with van der Waals surface area (Å²) in [6.45, 7) is 3.24. The van der Waals surface area contributed by atoms with Crippen molar-refractivity contribution >= 4 is 17.7 Å². The summed E-state index contributed by atoms with van der Waals surface area (Å²) in [5.41, 5.74) is 2.20. The predicted octanol–water partition coefficient (Wildman–Crippen LogP) is 1.04. The van der Waals surface area contributed by atoms with Crippen LogP contribution in [0.4, 0.5) is 0 Å². The number of carbonyl (C=O) groups is 3. The molecule has 2 aliphatic rings. The molecular weight excluding hydrogens is 296 g/mol. The lowest BCUT2D eigenvalue weighted by atomic mass is 10.1. The lowest BCUT2D eigenvalue weighted by Gasteiger charge is -2.34. The van der Waals surface area contributed by atoms with Gasteiger partial charge < -0.3 is 9.64 Å². The number of ether oxygens (including phenoxy) is 1. The third-order valence-electron chi connectivity index (χ3n) is 4.32. The van der Waals surface area contributed by atoms with Crippen LogP contribution in [0.1, 0.15) is 30.1 Å². The molecule has 0 spiro atoms. The quantitative estimate of drug-likeness (QED) is 0.782. The van der Waals surface area contributed by atoms with Crippen LogP contribution < -0.4 is 0 Å². The normalized spacial score (nSPS) is 21.9. The SMILES string of the molecule is Cc1ccc(C2CN(C(=O)CN3C(=O)CCC3=O)CCO2)cc1. The van der Waals surface area contributed by atoms with E-state index in [4.69, 9.17) is 4.74 Å². The van der Waals surface area contributed by atoms with Gasteiger partial charge >= 0.3 is 0 Å². The molecule has 0 saturated carbocycles. The van der Waals surface area contributed by atoms with Gasteiger partial charge in [-0.05, 0) is 12.5 Å². The fourth-order valence-electron chi connectivity index (χ4n) is 2.89. The van der Waals surface area contributed by atoms with Crippen LogP contribution in [0.25, 0.3) is 0 Å². The first-order chi connectivity index (χ1) is 11.0. The van der Waals surface area contributed by atoms with E-state index in [1.54, 1.807) is 4.90 Å². The lowest BCUT2D eigenvalue weighted by molar-refractivity contribution is -0.148.